The second-order valence-corrected chi connectivity index (χ2v) is 4.82. The van der Waals surface area contributed by atoms with Gasteiger partial charge in [0.1, 0.15) is 5.82 Å². The van der Waals surface area contributed by atoms with Crippen molar-refractivity contribution < 1.29 is 0 Å². The number of anilines is 3. The Labute approximate surface area is 116 Å². The number of rotatable bonds is 2. The molecule has 0 radical (unpaired) electrons. The zero-order chi connectivity index (χ0) is 12.4. The van der Waals surface area contributed by atoms with Crippen molar-refractivity contribution in [2.75, 3.05) is 11.1 Å². The number of halogens is 3. The molecular formula is C10H7BrCl2N4. The number of para-hydroxylation sites is 1. The first-order chi connectivity index (χ1) is 8.08. The molecule has 1 heterocycles. The average molecular weight is 334 g/mol. The average Bonchev–Trinajstić information content (AvgIpc) is 2.28. The van der Waals surface area contributed by atoms with E-state index in [0.29, 0.717) is 26.0 Å². The molecule has 88 valence electrons. The van der Waals surface area contributed by atoms with Gasteiger partial charge in [0.05, 0.1) is 20.2 Å². The van der Waals surface area contributed by atoms with Gasteiger partial charge in [-0.3, -0.25) is 0 Å². The summed E-state index contributed by atoms with van der Waals surface area (Å²) in [5, 5.41) is 4.01. The van der Waals surface area contributed by atoms with E-state index in [0.717, 1.165) is 0 Å². The van der Waals surface area contributed by atoms with Gasteiger partial charge in [0.25, 0.3) is 0 Å². The van der Waals surface area contributed by atoms with E-state index in [1.54, 1.807) is 24.4 Å². The smallest absolute Gasteiger partial charge is 0.222 e. The lowest BCUT2D eigenvalue weighted by Gasteiger charge is -2.10. The lowest BCUT2D eigenvalue weighted by molar-refractivity contribution is 1.17. The van der Waals surface area contributed by atoms with Crippen LogP contribution in [0.3, 0.4) is 0 Å². The lowest BCUT2D eigenvalue weighted by atomic mass is 10.3. The Bertz CT molecular complexity index is 542. The molecule has 0 saturated heterocycles. The molecular weight excluding hydrogens is 327 g/mol. The second kappa shape index (κ2) is 5.08. The molecule has 4 nitrogen and oxygen atoms in total. The number of hydrogen-bond acceptors (Lipinski definition) is 4. The van der Waals surface area contributed by atoms with E-state index in [1.165, 1.54) is 0 Å². The number of benzene rings is 1. The third-order valence-corrected chi connectivity index (χ3v) is 3.18. The summed E-state index contributed by atoms with van der Waals surface area (Å²) in [6, 6.07) is 5.22. The molecule has 0 unspecified atom stereocenters. The van der Waals surface area contributed by atoms with E-state index in [2.05, 4.69) is 31.2 Å². The molecule has 0 bridgehead atoms. The zero-order valence-electron chi connectivity index (χ0n) is 8.42. The molecule has 0 amide bonds. The summed E-state index contributed by atoms with van der Waals surface area (Å²) >= 11 is 15.4. The highest BCUT2D eigenvalue weighted by Gasteiger charge is 2.09. The Morgan fingerprint density at radius 1 is 1.24 bits per heavy atom. The van der Waals surface area contributed by atoms with E-state index in [9.17, 15) is 0 Å². The highest BCUT2D eigenvalue weighted by Crippen LogP contribution is 2.33. The van der Waals surface area contributed by atoms with Gasteiger partial charge >= 0.3 is 0 Å². The summed E-state index contributed by atoms with van der Waals surface area (Å²) in [6.07, 6.45) is 1.55. The molecule has 7 heteroatoms. The van der Waals surface area contributed by atoms with Crippen molar-refractivity contribution >= 4 is 56.6 Å². The van der Waals surface area contributed by atoms with Gasteiger partial charge in [-0.15, -0.1) is 0 Å². The van der Waals surface area contributed by atoms with Crippen LogP contribution < -0.4 is 11.1 Å². The van der Waals surface area contributed by atoms with Gasteiger partial charge in [-0.2, -0.15) is 4.98 Å². The van der Waals surface area contributed by atoms with Crippen molar-refractivity contribution in [2.45, 2.75) is 0 Å². The van der Waals surface area contributed by atoms with Crippen molar-refractivity contribution in [1.29, 1.82) is 0 Å². The van der Waals surface area contributed by atoms with Crippen molar-refractivity contribution in [3.63, 3.8) is 0 Å². The minimum absolute atomic E-state index is 0.166. The first kappa shape index (κ1) is 12.4. The van der Waals surface area contributed by atoms with Crippen molar-refractivity contribution in [3.05, 3.63) is 38.9 Å². The minimum Gasteiger partial charge on any atom is -0.368 e. The highest BCUT2D eigenvalue weighted by molar-refractivity contribution is 9.10. The van der Waals surface area contributed by atoms with Crippen LogP contribution >= 0.6 is 39.1 Å². The third kappa shape index (κ3) is 2.80. The molecule has 0 fully saturated rings. The van der Waals surface area contributed by atoms with Gasteiger partial charge in [-0.1, -0.05) is 29.3 Å². The largest absolute Gasteiger partial charge is 0.368 e. The van der Waals surface area contributed by atoms with Crippen LogP contribution in [0, 0.1) is 0 Å². The van der Waals surface area contributed by atoms with Crippen molar-refractivity contribution in [2.24, 2.45) is 0 Å². The molecule has 17 heavy (non-hydrogen) atoms. The van der Waals surface area contributed by atoms with E-state index in [1.807, 2.05) is 0 Å². The van der Waals surface area contributed by atoms with E-state index in [4.69, 9.17) is 28.9 Å². The van der Waals surface area contributed by atoms with E-state index >= 15 is 0 Å². The number of nitrogens with zero attached hydrogens (tertiary/aromatic N) is 2. The van der Waals surface area contributed by atoms with Gasteiger partial charge in [-0.25, -0.2) is 4.98 Å². The molecule has 3 N–H and O–H groups in total. The monoisotopic (exact) mass is 332 g/mol. The quantitative estimate of drug-likeness (QED) is 0.875. The fourth-order valence-corrected chi connectivity index (χ4v) is 1.99. The first-order valence-corrected chi connectivity index (χ1v) is 6.12. The fraction of sp³-hybridized carbons (Fsp3) is 0. The van der Waals surface area contributed by atoms with Crippen LogP contribution in [0.2, 0.25) is 10.0 Å². The van der Waals surface area contributed by atoms with E-state index < -0.39 is 0 Å². The molecule has 2 rings (SSSR count). The summed E-state index contributed by atoms with van der Waals surface area (Å²) < 4.78 is 0.669. The maximum atomic E-state index is 6.03. The predicted molar refractivity (Wildman–Crippen MR) is 73.9 cm³/mol. The topological polar surface area (TPSA) is 63.8 Å². The molecule has 0 spiro atoms. The van der Waals surface area contributed by atoms with Crippen LogP contribution in [0.5, 0.6) is 0 Å². The number of nitrogens with one attached hydrogen (secondary N) is 1. The Morgan fingerprint density at radius 2 is 1.88 bits per heavy atom. The number of nitrogen functional groups attached to an aromatic ring is 1. The Kier molecular flexibility index (Phi) is 3.71. The standard InChI is InChI=1S/C10H7BrCl2N4/c11-5-4-15-10(14)17-9(5)16-8-6(12)2-1-3-7(8)13/h1-4H,(H3,14,15,16,17). The Hall–Kier alpha value is -1.04. The highest BCUT2D eigenvalue weighted by atomic mass is 79.9. The molecule has 0 aliphatic rings. The van der Waals surface area contributed by atoms with E-state index in [-0.39, 0.29) is 5.95 Å². The molecule has 0 aliphatic carbocycles. The normalized spacial score (nSPS) is 10.3. The summed E-state index contributed by atoms with van der Waals surface area (Å²) in [5.74, 6) is 0.673. The summed E-state index contributed by atoms with van der Waals surface area (Å²) in [6.45, 7) is 0. The van der Waals surface area contributed by atoms with Gasteiger partial charge in [0.15, 0.2) is 0 Å². The van der Waals surface area contributed by atoms with Crippen molar-refractivity contribution in [3.8, 4) is 0 Å². The zero-order valence-corrected chi connectivity index (χ0v) is 11.5. The molecule has 0 atom stereocenters. The predicted octanol–water partition coefficient (Wildman–Crippen LogP) is 3.87. The van der Waals surface area contributed by atoms with Gasteiger partial charge in [0, 0.05) is 6.20 Å². The van der Waals surface area contributed by atoms with Gasteiger partial charge in [0.2, 0.25) is 5.95 Å². The maximum Gasteiger partial charge on any atom is 0.222 e. The number of hydrogen-bond donors (Lipinski definition) is 2. The molecule has 0 aliphatic heterocycles. The minimum atomic E-state index is 0.166. The van der Waals surface area contributed by atoms with Crippen LogP contribution in [-0.4, -0.2) is 9.97 Å². The van der Waals surface area contributed by atoms with Gasteiger partial charge in [-0.05, 0) is 28.1 Å². The summed E-state index contributed by atoms with van der Waals surface area (Å²) in [7, 11) is 0. The SMILES string of the molecule is Nc1ncc(Br)c(Nc2c(Cl)cccc2Cl)n1. The number of nitrogens with two attached hydrogens (primary N) is 1. The molecule has 1 aromatic carbocycles. The maximum absolute atomic E-state index is 6.03. The van der Waals surface area contributed by atoms with Crippen LogP contribution in [0.25, 0.3) is 0 Å². The molecule has 2 aromatic rings. The van der Waals surface area contributed by atoms with Crippen molar-refractivity contribution in [1.82, 2.24) is 9.97 Å². The van der Waals surface area contributed by atoms with Crippen LogP contribution in [0.1, 0.15) is 0 Å². The lowest BCUT2D eigenvalue weighted by Crippen LogP contribution is -2.01. The molecule has 0 saturated carbocycles. The number of aromatic nitrogens is 2. The van der Waals surface area contributed by atoms with Crippen LogP contribution in [0.15, 0.2) is 28.9 Å². The first-order valence-electron chi connectivity index (χ1n) is 4.57. The van der Waals surface area contributed by atoms with Gasteiger partial charge < -0.3 is 11.1 Å². The summed E-state index contributed by atoms with van der Waals surface area (Å²) in [5.41, 5.74) is 6.09. The Morgan fingerprint density at radius 3 is 2.53 bits per heavy atom. The van der Waals surface area contributed by atoms with Crippen LogP contribution in [0.4, 0.5) is 17.5 Å². The summed E-state index contributed by atoms with van der Waals surface area (Å²) in [4.78, 5) is 7.88. The van der Waals surface area contributed by atoms with Crippen LogP contribution in [-0.2, 0) is 0 Å². The molecule has 1 aromatic heterocycles. The Balaban J connectivity index is 2.41. The second-order valence-electron chi connectivity index (χ2n) is 3.15. The fourth-order valence-electron chi connectivity index (χ4n) is 1.20. The third-order valence-electron chi connectivity index (χ3n) is 1.97.